The van der Waals surface area contributed by atoms with E-state index in [1.165, 1.54) is 27.9 Å². The fourth-order valence-corrected chi connectivity index (χ4v) is 2.24. The number of allylic oxidation sites excluding steroid dienone is 1. The molecular weight excluding hydrogens is 230 g/mol. The lowest BCUT2D eigenvalue weighted by Gasteiger charge is -2.12. The van der Waals surface area contributed by atoms with Crippen LogP contribution in [0.5, 0.6) is 0 Å². The van der Waals surface area contributed by atoms with E-state index in [1.54, 1.807) is 0 Å². The second kappa shape index (κ2) is 6.24. The van der Waals surface area contributed by atoms with Gasteiger partial charge in [0, 0.05) is 12.2 Å². The van der Waals surface area contributed by atoms with Crippen LogP contribution < -0.4 is 5.32 Å². The maximum Gasteiger partial charge on any atom is 0.0400 e. The summed E-state index contributed by atoms with van der Waals surface area (Å²) in [7, 11) is 0. The Hall–Kier alpha value is -2.02. The quantitative estimate of drug-likeness (QED) is 0.763. The number of benzene rings is 2. The molecule has 0 aliphatic carbocycles. The molecule has 0 fully saturated rings. The third kappa shape index (κ3) is 3.72. The highest BCUT2D eigenvalue weighted by molar-refractivity contribution is 5.53. The summed E-state index contributed by atoms with van der Waals surface area (Å²) in [6, 6.07) is 15.1. The molecule has 0 spiro atoms. The highest BCUT2D eigenvalue weighted by Gasteiger charge is 2.01. The normalized spacial score (nSPS) is 10.2. The van der Waals surface area contributed by atoms with Gasteiger partial charge >= 0.3 is 0 Å². The average Bonchev–Trinajstić information content (AvgIpc) is 2.38. The van der Waals surface area contributed by atoms with Gasteiger partial charge in [-0.25, -0.2) is 0 Å². The van der Waals surface area contributed by atoms with Gasteiger partial charge in [-0.05, 0) is 37.5 Å². The summed E-state index contributed by atoms with van der Waals surface area (Å²) in [5.74, 6) is 0. The van der Waals surface area contributed by atoms with Crippen molar-refractivity contribution in [3.63, 3.8) is 0 Å². The first-order valence-corrected chi connectivity index (χ1v) is 6.69. The molecule has 0 atom stereocenters. The van der Waals surface area contributed by atoms with E-state index in [1.807, 2.05) is 6.08 Å². The van der Waals surface area contributed by atoms with Gasteiger partial charge in [0.1, 0.15) is 0 Å². The molecule has 98 valence electrons. The Morgan fingerprint density at radius 2 is 1.84 bits per heavy atom. The molecule has 0 bridgehead atoms. The van der Waals surface area contributed by atoms with Gasteiger partial charge in [0.15, 0.2) is 0 Å². The first-order chi connectivity index (χ1) is 9.19. The average molecular weight is 251 g/mol. The SMILES string of the molecule is C=CCc1cc(C)ccc1NCc1cccc(C)c1. The van der Waals surface area contributed by atoms with Gasteiger partial charge in [-0.1, -0.05) is 53.6 Å². The van der Waals surface area contributed by atoms with Crippen molar-refractivity contribution in [3.05, 3.63) is 77.4 Å². The van der Waals surface area contributed by atoms with E-state index < -0.39 is 0 Å². The number of aryl methyl sites for hydroxylation is 2. The summed E-state index contributed by atoms with van der Waals surface area (Å²) in [6.07, 6.45) is 2.85. The highest BCUT2D eigenvalue weighted by Crippen LogP contribution is 2.19. The topological polar surface area (TPSA) is 12.0 Å². The summed E-state index contributed by atoms with van der Waals surface area (Å²) in [6.45, 7) is 8.93. The van der Waals surface area contributed by atoms with Crippen molar-refractivity contribution in [1.82, 2.24) is 0 Å². The Morgan fingerprint density at radius 1 is 1.05 bits per heavy atom. The highest BCUT2D eigenvalue weighted by atomic mass is 14.9. The van der Waals surface area contributed by atoms with Crippen molar-refractivity contribution in [2.24, 2.45) is 0 Å². The van der Waals surface area contributed by atoms with Gasteiger partial charge in [0.05, 0.1) is 0 Å². The van der Waals surface area contributed by atoms with Crippen LogP contribution in [-0.2, 0) is 13.0 Å². The lowest BCUT2D eigenvalue weighted by molar-refractivity contribution is 1.12. The van der Waals surface area contributed by atoms with Crippen LogP contribution in [0.25, 0.3) is 0 Å². The molecule has 0 aromatic heterocycles. The predicted molar refractivity (Wildman–Crippen MR) is 83.6 cm³/mol. The number of nitrogens with one attached hydrogen (secondary N) is 1. The molecule has 2 rings (SSSR count). The van der Waals surface area contributed by atoms with Gasteiger partial charge in [-0.2, -0.15) is 0 Å². The number of hydrogen-bond acceptors (Lipinski definition) is 1. The second-order valence-electron chi connectivity index (χ2n) is 5.00. The Kier molecular flexibility index (Phi) is 4.40. The molecule has 0 radical (unpaired) electrons. The zero-order valence-electron chi connectivity index (χ0n) is 11.7. The van der Waals surface area contributed by atoms with Gasteiger partial charge < -0.3 is 5.32 Å². The minimum absolute atomic E-state index is 0.856. The summed E-state index contributed by atoms with van der Waals surface area (Å²) < 4.78 is 0. The van der Waals surface area contributed by atoms with Gasteiger partial charge in [0.2, 0.25) is 0 Å². The largest absolute Gasteiger partial charge is 0.381 e. The Balaban J connectivity index is 2.12. The first kappa shape index (κ1) is 13.4. The molecule has 2 aromatic carbocycles. The number of hydrogen-bond donors (Lipinski definition) is 1. The molecule has 0 amide bonds. The maximum absolute atomic E-state index is 3.83. The van der Waals surface area contributed by atoms with E-state index in [0.717, 1.165) is 13.0 Å². The van der Waals surface area contributed by atoms with E-state index >= 15 is 0 Å². The van der Waals surface area contributed by atoms with Crippen molar-refractivity contribution in [2.45, 2.75) is 26.8 Å². The summed E-state index contributed by atoms with van der Waals surface area (Å²) in [4.78, 5) is 0. The van der Waals surface area contributed by atoms with Crippen LogP contribution in [0.15, 0.2) is 55.1 Å². The van der Waals surface area contributed by atoms with Crippen LogP contribution in [0.2, 0.25) is 0 Å². The minimum atomic E-state index is 0.856. The van der Waals surface area contributed by atoms with Crippen molar-refractivity contribution >= 4 is 5.69 Å². The molecule has 2 aromatic rings. The standard InChI is InChI=1S/C18H21N/c1-4-6-17-12-15(3)9-10-18(17)19-13-16-8-5-7-14(2)11-16/h4-5,7-12,19H,1,6,13H2,2-3H3. The molecule has 0 unspecified atom stereocenters. The van der Waals surface area contributed by atoms with E-state index in [0.29, 0.717) is 0 Å². The molecule has 0 saturated heterocycles. The molecule has 0 aliphatic heterocycles. The summed E-state index contributed by atoms with van der Waals surface area (Å²) in [5, 5.41) is 3.52. The lowest BCUT2D eigenvalue weighted by atomic mass is 10.1. The molecule has 1 heteroatoms. The minimum Gasteiger partial charge on any atom is -0.381 e. The monoisotopic (exact) mass is 251 g/mol. The van der Waals surface area contributed by atoms with E-state index in [9.17, 15) is 0 Å². The lowest BCUT2D eigenvalue weighted by Crippen LogP contribution is -2.02. The molecule has 19 heavy (non-hydrogen) atoms. The molecule has 0 saturated carbocycles. The Morgan fingerprint density at radius 3 is 2.58 bits per heavy atom. The summed E-state index contributed by atoms with van der Waals surface area (Å²) in [5.41, 5.74) is 6.41. The van der Waals surface area contributed by atoms with Crippen molar-refractivity contribution in [1.29, 1.82) is 0 Å². The predicted octanol–water partition coefficient (Wildman–Crippen LogP) is 4.64. The fourth-order valence-electron chi connectivity index (χ4n) is 2.24. The van der Waals surface area contributed by atoms with Crippen LogP contribution in [0.4, 0.5) is 5.69 Å². The Bertz CT molecular complexity index is 570. The van der Waals surface area contributed by atoms with Crippen LogP contribution in [0.3, 0.4) is 0 Å². The zero-order valence-corrected chi connectivity index (χ0v) is 11.7. The van der Waals surface area contributed by atoms with Crippen LogP contribution in [0, 0.1) is 13.8 Å². The van der Waals surface area contributed by atoms with Crippen LogP contribution >= 0.6 is 0 Å². The molecule has 0 heterocycles. The molecule has 1 N–H and O–H groups in total. The fraction of sp³-hybridized carbons (Fsp3) is 0.222. The smallest absolute Gasteiger partial charge is 0.0400 e. The van der Waals surface area contributed by atoms with Crippen LogP contribution in [-0.4, -0.2) is 0 Å². The third-order valence-electron chi connectivity index (χ3n) is 3.19. The van der Waals surface area contributed by atoms with Crippen molar-refractivity contribution in [2.75, 3.05) is 5.32 Å². The van der Waals surface area contributed by atoms with E-state index in [-0.39, 0.29) is 0 Å². The zero-order chi connectivity index (χ0) is 13.7. The van der Waals surface area contributed by atoms with E-state index in [2.05, 4.69) is 68.2 Å². The van der Waals surface area contributed by atoms with Gasteiger partial charge in [-0.15, -0.1) is 6.58 Å². The van der Waals surface area contributed by atoms with E-state index in [4.69, 9.17) is 0 Å². The third-order valence-corrected chi connectivity index (χ3v) is 3.19. The Labute approximate surface area is 116 Å². The molecule has 1 nitrogen and oxygen atoms in total. The van der Waals surface area contributed by atoms with Crippen molar-refractivity contribution < 1.29 is 0 Å². The van der Waals surface area contributed by atoms with Crippen LogP contribution in [0.1, 0.15) is 22.3 Å². The number of rotatable bonds is 5. The second-order valence-corrected chi connectivity index (χ2v) is 5.00. The summed E-state index contributed by atoms with van der Waals surface area (Å²) >= 11 is 0. The molecule has 0 aliphatic rings. The number of anilines is 1. The van der Waals surface area contributed by atoms with Crippen molar-refractivity contribution in [3.8, 4) is 0 Å². The maximum atomic E-state index is 3.83. The van der Waals surface area contributed by atoms with Gasteiger partial charge in [0.25, 0.3) is 0 Å². The first-order valence-electron chi connectivity index (χ1n) is 6.69. The molecular formula is C18H21N. The van der Waals surface area contributed by atoms with Gasteiger partial charge in [-0.3, -0.25) is 0 Å².